The molecule has 0 aliphatic heterocycles. The number of carbonyl (C=O) groups is 1. The average molecular weight is 234 g/mol. The van der Waals surface area contributed by atoms with Crippen LogP contribution < -0.4 is 17.3 Å². The third kappa shape index (κ3) is 5.44. The summed E-state index contributed by atoms with van der Waals surface area (Å²) in [6.45, 7) is 1.44. The fourth-order valence-corrected chi connectivity index (χ4v) is 1.06. The molecule has 0 saturated heterocycles. The normalized spacial score (nSPS) is 9.80. The lowest BCUT2D eigenvalue weighted by Gasteiger charge is -2.06. The summed E-state index contributed by atoms with van der Waals surface area (Å²) in [4.78, 5) is 12.6. The second-order valence-corrected chi connectivity index (χ2v) is 3.42. The highest BCUT2D eigenvalue weighted by atomic mass is 35.5. The standard InChI is InChI=1S/C10H15NO3.ClH/c1-11(2)6-4-8-14-10(12)9-5-3-7-13-9;/h3,5,7H,4,6,8H2,1-2H3;1H. The van der Waals surface area contributed by atoms with E-state index in [2.05, 4.69) is 14.1 Å². The highest BCUT2D eigenvalue weighted by molar-refractivity contribution is 5.86. The maximum atomic E-state index is 11.2. The van der Waals surface area contributed by atoms with Crippen LogP contribution in [0.1, 0.15) is 17.0 Å². The van der Waals surface area contributed by atoms with Crippen molar-refractivity contribution in [3.05, 3.63) is 24.2 Å². The predicted molar refractivity (Wildman–Crippen MR) is 51.3 cm³/mol. The summed E-state index contributed by atoms with van der Waals surface area (Å²) in [6.07, 6.45) is 2.33. The molecule has 1 aromatic heterocycles. The van der Waals surface area contributed by atoms with Gasteiger partial charge in [-0.1, -0.05) is 0 Å². The van der Waals surface area contributed by atoms with Crippen molar-refractivity contribution in [2.75, 3.05) is 27.2 Å². The van der Waals surface area contributed by atoms with E-state index in [1.807, 2.05) is 0 Å². The van der Waals surface area contributed by atoms with Crippen LogP contribution in [0.3, 0.4) is 0 Å². The molecule has 1 aromatic rings. The van der Waals surface area contributed by atoms with Crippen molar-refractivity contribution in [3.63, 3.8) is 0 Å². The highest BCUT2D eigenvalue weighted by Gasteiger charge is 2.09. The van der Waals surface area contributed by atoms with E-state index in [9.17, 15) is 4.79 Å². The van der Waals surface area contributed by atoms with E-state index < -0.39 is 0 Å². The molecule has 0 radical (unpaired) electrons. The Labute approximate surface area is 95.6 Å². The van der Waals surface area contributed by atoms with E-state index in [-0.39, 0.29) is 24.1 Å². The van der Waals surface area contributed by atoms with Crippen LogP contribution >= 0.6 is 0 Å². The zero-order valence-electron chi connectivity index (χ0n) is 8.96. The molecule has 86 valence electrons. The zero-order valence-corrected chi connectivity index (χ0v) is 9.71. The van der Waals surface area contributed by atoms with E-state index in [4.69, 9.17) is 9.15 Å². The van der Waals surface area contributed by atoms with E-state index in [1.165, 1.54) is 11.2 Å². The van der Waals surface area contributed by atoms with Gasteiger partial charge in [0.25, 0.3) is 0 Å². The molecule has 0 aliphatic carbocycles. The largest absolute Gasteiger partial charge is 1.00 e. The van der Waals surface area contributed by atoms with Gasteiger partial charge in [0.1, 0.15) is 0 Å². The summed E-state index contributed by atoms with van der Waals surface area (Å²) in [5, 5.41) is 0. The first-order valence-electron chi connectivity index (χ1n) is 4.70. The summed E-state index contributed by atoms with van der Waals surface area (Å²) in [5.41, 5.74) is 0. The summed E-state index contributed by atoms with van der Waals surface area (Å²) in [5.74, 6) is -0.119. The van der Waals surface area contributed by atoms with Crippen LogP contribution in [-0.4, -0.2) is 33.2 Å². The summed E-state index contributed by atoms with van der Waals surface area (Å²) in [7, 11) is 4.13. The van der Waals surface area contributed by atoms with Crippen molar-refractivity contribution in [1.29, 1.82) is 0 Å². The van der Waals surface area contributed by atoms with Crippen LogP contribution in [-0.2, 0) is 4.74 Å². The highest BCUT2D eigenvalue weighted by Crippen LogP contribution is 2.01. The minimum absolute atomic E-state index is 0. The van der Waals surface area contributed by atoms with Gasteiger partial charge in [-0.3, -0.25) is 0 Å². The van der Waals surface area contributed by atoms with Crippen LogP contribution in [0.4, 0.5) is 0 Å². The van der Waals surface area contributed by atoms with Crippen molar-refractivity contribution in [1.82, 2.24) is 0 Å². The Morgan fingerprint density at radius 3 is 2.80 bits per heavy atom. The Balaban J connectivity index is 0.00000196. The van der Waals surface area contributed by atoms with Gasteiger partial charge in [-0.05, 0) is 12.1 Å². The molecule has 1 N–H and O–H groups in total. The number of hydrogen-bond acceptors (Lipinski definition) is 3. The molecule has 1 heterocycles. The molecular weight excluding hydrogens is 218 g/mol. The molecule has 0 amide bonds. The van der Waals surface area contributed by atoms with Crippen molar-refractivity contribution < 1.29 is 31.3 Å². The van der Waals surface area contributed by atoms with Crippen LogP contribution in [0.15, 0.2) is 22.8 Å². The molecule has 0 unspecified atom stereocenters. The van der Waals surface area contributed by atoms with Crippen LogP contribution in [0, 0.1) is 0 Å². The van der Waals surface area contributed by atoms with Crippen molar-refractivity contribution in [3.8, 4) is 0 Å². The van der Waals surface area contributed by atoms with Gasteiger partial charge in [-0.2, -0.15) is 0 Å². The molecular formula is C10H16ClNO3. The predicted octanol–water partition coefficient (Wildman–Crippen LogP) is -3.02. The van der Waals surface area contributed by atoms with Gasteiger partial charge in [0.2, 0.25) is 5.76 Å². The second-order valence-electron chi connectivity index (χ2n) is 3.42. The molecule has 5 heteroatoms. The molecule has 0 fully saturated rings. The molecule has 1 rings (SSSR count). The summed E-state index contributed by atoms with van der Waals surface area (Å²) >= 11 is 0. The number of halogens is 1. The first kappa shape index (κ1) is 14.0. The van der Waals surface area contributed by atoms with E-state index in [0.717, 1.165) is 13.0 Å². The Bertz CT molecular complexity index is 272. The van der Waals surface area contributed by atoms with Crippen LogP contribution in [0.2, 0.25) is 0 Å². The maximum absolute atomic E-state index is 11.2. The molecule has 0 atom stereocenters. The Hall–Kier alpha value is -1.00. The third-order valence-electron chi connectivity index (χ3n) is 1.78. The summed E-state index contributed by atoms with van der Waals surface area (Å²) in [6, 6.07) is 3.26. The molecule has 0 saturated carbocycles. The maximum Gasteiger partial charge on any atom is 0.374 e. The average Bonchev–Trinajstić information content (AvgIpc) is 2.64. The van der Waals surface area contributed by atoms with E-state index >= 15 is 0 Å². The SMILES string of the molecule is C[NH+](C)CCCOC(=O)c1ccco1.[Cl-]. The molecule has 0 bridgehead atoms. The number of hydrogen-bond donors (Lipinski definition) is 1. The van der Waals surface area contributed by atoms with Crippen molar-refractivity contribution in [2.24, 2.45) is 0 Å². The van der Waals surface area contributed by atoms with Gasteiger partial charge < -0.3 is 26.5 Å². The number of rotatable bonds is 5. The lowest BCUT2D eigenvalue weighted by Crippen LogP contribution is -3.05. The lowest BCUT2D eigenvalue weighted by molar-refractivity contribution is -0.858. The van der Waals surface area contributed by atoms with Crippen molar-refractivity contribution in [2.45, 2.75) is 6.42 Å². The van der Waals surface area contributed by atoms with E-state index in [1.54, 1.807) is 12.1 Å². The monoisotopic (exact) mass is 233 g/mol. The van der Waals surface area contributed by atoms with Gasteiger partial charge in [0, 0.05) is 6.42 Å². The number of carbonyl (C=O) groups excluding carboxylic acids is 1. The van der Waals surface area contributed by atoms with Gasteiger partial charge >= 0.3 is 5.97 Å². The smallest absolute Gasteiger partial charge is 0.374 e. The van der Waals surface area contributed by atoms with Crippen LogP contribution in [0.5, 0.6) is 0 Å². The Kier molecular flexibility index (Phi) is 6.83. The topological polar surface area (TPSA) is 43.9 Å². The first-order chi connectivity index (χ1) is 6.70. The fraction of sp³-hybridized carbons (Fsp3) is 0.500. The number of ether oxygens (including phenoxy) is 1. The number of esters is 1. The van der Waals surface area contributed by atoms with Crippen LogP contribution in [0.25, 0.3) is 0 Å². The van der Waals surface area contributed by atoms with Gasteiger partial charge in [0.15, 0.2) is 0 Å². The quantitative estimate of drug-likeness (QED) is 0.435. The molecule has 0 aromatic carbocycles. The summed E-state index contributed by atoms with van der Waals surface area (Å²) < 4.78 is 9.88. The fourth-order valence-electron chi connectivity index (χ4n) is 1.06. The number of quaternary nitrogens is 1. The Morgan fingerprint density at radius 2 is 2.27 bits per heavy atom. The number of nitrogens with one attached hydrogen (secondary N) is 1. The number of furan rings is 1. The third-order valence-corrected chi connectivity index (χ3v) is 1.78. The Morgan fingerprint density at radius 1 is 1.53 bits per heavy atom. The molecule has 0 spiro atoms. The van der Waals surface area contributed by atoms with Gasteiger partial charge in [-0.15, -0.1) is 0 Å². The van der Waals surface area contributed by atoms with E-state index in [0.29, 0.717) is 6.61 Å². The minimum atomic E-state index is -0.385. The van der Waals surface area contributed by atoms with Crippen molar-refractivity contribution >= 4 is 5.97 Å². The molecule has 0 aliphatic rings. The molecule has 15 heavy (non-hydrogen) atoms. The zero-order chi connectivity index (χ0) is 10.4. The first-order valence-corrected chi connectivity index (χ1v) is 4.70. The van der Waals surface area contributed by atoms with Gasteiger partial charge in [-0.25, -0.2) is 4.79 Å². The lowest BCUT2D eigenvalue weighted by atomic mass is 10.4. The minimum Gasteiger partial charge on any atom is -1.00 e. The second kappa shape index (κ2) is 7.31. The van der Waals surface area contributed by atoms with Gasteiger partial charge in [0.05, 0.1) is 33.5 Å². The molecule has 4 nitrogen and oxygen atoms in total.